The first kappa shape index (κ1) is 17.4. The first-order valence-corrected chi connectivity index (χ1v) is 9.99. The molecule has 0 saturated carbocycles. The lowest BCUT2D eigenvalue weighted by atomic mass is 9.74. The van der Waals surface area contributed by atoms with Gasteiger partial charge in [0.05, 0.1) is 16.9 Å². The Bertz CT molecular complexity index is 1240. The number of benzene rings is 2. The molecule has 0 fully saturated rings. The van der Waals surface area contributed by atoms with Gasteiger partial charge in [0.15, 0.2) is 5.78 Å². The largest absolute Gasteiger partial charge is 0.353 e. The first-order valence-electron chi connectivity index (χ1n) is 9.61. The van der Waals surface area contributed by atoms with E-state index >= 15 is 0 Å². The van der Waals surface area contributed by atoms with E-state index in [4.69, 9.17) is 16.6 Å². The van der Waals surface area contributed by atoms with Gasteiger partial charge < -0.3 is 4.98 Å². The minimum atomic E-state index is -0.0611. The van der Waals surface area contributed by atoms with Gasteiger partial charge in [-0.1, -0.05) is 55.8 Å². The van der Waals surface area contributed by atoms with E-state index in [-0.39, 0.29) is 11.2 Å². The number of pyridine rings is 1. The number of H-pyrrole nitrogens is 1. The number of Topliss-reactive ketones (excluding diaryl/α,β-unsaturated/α-hetero) is 1. The van der Waals surface area contributed by atoms with Gasteiger partial charge in [-0.05, 0) is 35.6 Å². The minimum absolute atomic E-state index is 0.0611. The lowest BCUT2D eigenvalue weighted by Crippen LogP contribution is -2.28. The summed E-state index contributed by atoms with van der Waals surface area (Å²) in [6, 6.07) is 16.1. The molecule has 0 saturated heterocycles. The molecule has 0 bridgehead atoms. The highest BCUT2D eigenvalue weighted by atomic mass is 35.5. The van der Waals surface area contributed by atoms with Crippen LogP contribution in [0.15, 0.2) is 48.5 Å². The highest BCUT2D eigenvalue weighted by Crippen LogP contribution is 2.40. The maximum Gasteiger partial charge on any atom is 0.165 e. The third-order valence-corrected chi connectivity index (χ3v) is 5.90. The predicted octanol–water partition coefficient (Wildman–Crippen LogP) is 6.12. The highest BCUT2D eigenvalue weighted by Gasteiger charge is 2.34. The molecular weight excluding hydrogens is 368 g/mol. The van der Waals surface area contributed by atoms with Gasteiger partial charge in [-0.15, -0.1) is 0 Å². The second-order valence-electron chi connectivity index (χ2n) is 8.54. The van der Waals surface area contributed by atoms with Crippen molar-refractivity contribution in [2.75, 3.05) is 0 Å². The van der Waals surface area contributed by atoms with Crippen molar-refractivity contribution >= 4 is 39.2 Å². The van der Waals surface area contributed by atoms with E-state index in [1.54, 1.807) is 0 Å². The van der Waals surface area contributed by atoms with Crippen LogP contribution in [0.5, 0.6) is 0 Å². The number of hydrogen-bond donors (Lipinski definition) is 1. The molecule has 28 heavy (non-hydrogen) atoms. The Morgan fingerprint density at radius 2 is 1.82 bits per heavy atom. The van der Waals surface area contributed by atoms with Gasteiger partial charge in [0.1, 0.15) is 0 Å². The normalized spacial score (nSPS) is 15.9. The van der Waals surface area contributed by atoms with E-state index in [0.29, 0.717) is 12.8 Å². The number of nitrogens with zero attached hydrogens (tertiary/aromatic N) is 1. The third-order valence-electron chi connectivity index (χ3n) is 5.65. The van der Waals surface area contributed by atoms with Crippen molar-refractivity contribution in [3.63, 3.8) is 0 Å². The standard InChI is InChI=1S/C24H21ClN2O/c1-24(2)12-19-22(20(28)13-24)21-16-5-3-4-6-17(16)27-23(21)18(26-19)11-14-7-9-15(25)10-8-14/h3-10,27H,11-13H2,1-2H3. The van der Waals surface area contributed by atoms with Crippen LogP contribution in [0.4, 0.5) is 0 Å². The van der Waals surface area contributed by atoms with Crippen molar-refractivity contribution in [3.8, 4) is 0 Å². The van der Waals surface area contributed by atoms with Crippen molar-refractivity contribution in [1.29, 1.82) is 0 Å². The van der Waals surface area contributed by atoms with Crippen LogP contribution in [-0.4, -0.2) is 15.8 Å². The lowest BCUT2D eigenvalue weighted by Gasteiger charge is -2.30. The molecule has 0 aliphatic heterocycles. The second-order valence-corrected chi connectivity index (χ2v) is 8.98. The molecule has 4 heteroatoms. The number of para-hydroxylation sites is 1. The number of rotatable bonds is 2. The average molecular weight is 389 g/mol. The molecule has 0 amide bonds. The molecule has 2 aromatic carbocycles. The Morgan fingerprint density at radius 1 is 1.07 bits per heavy atom. The van der Waals surface area contributed by atoms with Crippen molar-refractivity contribution in [2.45, 2.75) is 33.1 Å². The van der Waals surface area contributed by atoms with Crippen molar-refractivity contribution in [3.05, 3.63) is 76.1 Å². The van der Waals surface area contributed by atoms with E-state index in [1.807, 2.05) is 36.4 Å². The molecular formula is C24H21ClN2O. The average Bonchev–Trinajstić information content (AvgIpc) is 3.02. The molecule has 2 heterocycles. The van der Waals surface area contributed by atoms with Crippen LogP contribution in [0.2, 0.25) is 5.02 Å². The van der Waals surface area contributed by atoms with E-state index in [1.165, 1.54) is 0 Å². The number of hydrogen-bond acceptors (Lipinski definition) is 2. The highest BCUT2D eigenvalue weighted by molar-refractivity contribution is 6.30. The molecule has 0 spiro atoms. The van der Waals surface area contributed by atoms with Gasteiger partial charge in [-0.3, -0.25) is 9.78 Å². The van der Waals surface area contributed by atoms with Crippen LogP contribution in [-0.2, 0) is 12.8 Å². The molecule has 1 N–H and O–H groups in total. The quantitative estimate of drug-likeness (QED) is 0.450. The van der Waals surface area contributed by atoms with Gasteiger partial charge in [0.2, 0.25) is 0 Å². The zero-order valence-electron chi connectivity index (χ0n) is 16.0. The maximum absolute atomic E-state index is 13.1. The van der Waals surface area contributed by atoms with Gasteiger partial charge >= 0.3 is 0 Å². The fourth-order valence-electron chi connectivity index (χ4n) is 4.43. The molecule has 0 unspecified atom stereocenters. The molecule has 0 radical (unpaired) electrons. The summed E-state index contributed by atoms with van der Waals surface area (Å²) in [5.41, 5.74) is 5.84. The monoisotopic (exact) mass is 388 g/mol. The number of aromatic nitrogens is 2. The van der Waals surface area contributed by atoms with E-state index in [9.17, 15) is 4.79 Å². The fourth-order valence-corrected chi connectivity index (χ4v) is 4.55. The zero-order valence-corrected chi connectivity index (χ0v) is 16.7. The second kappa shape index (κ2) is 6.18. The van der Waals surface area contributed by atoms with Crippen LogP contribution in [0.3, 0.4) is 0 Å². The lowest BCUT2D eigenvalue weighted by molar-refractivity contribution is 0.0912. The molecule has 4 aromatic rings. The molecule has 3 nitrogen and oxygen atoms in total. The summed E-state index contributed by atoms with van der Waals surface area (Å²) in [5.74, 6) is 0.201. The van der Waals surface area contributed by atoms with E-state index < -0.39 is 0 Å². The van der Waals surface area contributed by atoms with Crippen molar-refractivity contribution in [1.82, 2.24) is 9.97 Å². The summed E-state index contributed by atoms with van der Waals surface area (Å²) in [4.78, 5) is 21.6. The number of ketones is 1. The maximum atomic E-state index is 13.1. The molecule has 5 rings (SSSR count). The summed E-state index contributed by atoms with van der Waals surface area (Å²) < 4.78 is 0. The van der Waals surface area contributed by atoms with Crippen LogP contribution in [0.25, 0.3) is 21.8 Å². The Kier molecular flexibility index (Phi) is 3.85. The van der Waals surface area contributed by atoms with Gasteiger partial charge in [-0.2, -0.15) is 0 Å². The van der Waals surface area contributed by atoms with Gasteiger partial charge in [0, 0.05) is 39.7 Å². The SMILES string of the molecule is CC1(C)CC(=O)c2c(nc(Cc3ccc(Cl)cc3)c3[nH]c4ccccc4c23)C1. The number of fused-ring (bicyclic) bond motifs is 5. The number of carbonyl (C=O) groups excluding carboxylic acids is 1. The van der Waals surface area contributed by atoms with Crippen molar-refractivity contribution in [2.24, 2.45) is 5.41 Å². The summed E-state index contributed by atoms with van der Waals surface area (Å²) >= 11 is 6.05. The first-order chi connectivity index (χ1) is 13.4. The molecule has 140 valence electrons. The molecule has 1 aliphatic carbocycles. The Morgan fingerprint density at radius 3 is 2.61 bits per heavy atom. The van der Waals surface area contributed by atoms with Crippen LogP contribution < -0.4 is 0 Å². The predicted molar refractivity (Wildman–Crippen MR) is 114 cm³/mol. The number of halogens is 1. The zero-order chi connectivity index (χ0) is 19.5. The summed E-state index contributed by atoms with van der Waals surface area (Å²) in [6.45, 7) is 4.29. The topological polar surface area (TPSA) is 45.8 Å². The van der Waals surface area contributed by atoms with Crippen molar-refractivity contribution < 1.29 is 4.79 Å². The van der Waals surface area contributed by atoms with Crippen LogP contribution in [0, 0.1) is 5.41 Å². The Balaban J connectivity index is 1.80. The minimum Gasteiger partial charge on any atom is -0.353 e. The summed E-state index contributed by atoms with van der Waals surface area (Å²) in [5, 5.41) is 2.86. The van der Waals surface area contributed by atoms with Crippen LogP contribution in [0.1, 0.15) is 47.6 Å². The van der Waals surface area contributed by atoms with E-state index in [2.05, 4.69) is 31.0 Å². The van der Waals surface area contributed by atoms with Gasteiger partial charge in [-0.25, -0.2) is 0 Å². The molecule has 0 atom stereocenters. The molecule has 2 aromatic heterocycles. The van der Waals surface area contributed by atoms with Gasteiger partial charge in [0.25, 0.3) is 0 Å². The Labute approximate surface area is 168 Å². The number of carbonyl (C=O) groups is 1. The van der Waals surface area contributed by atoms with E-state index in [0.717, 1.165) is 55.8 Å². The smallest absolute Gasteiger partial charge is 0.165 e. The molecule has 1 aliphatic rings. The number of aromatic amines is 1. The summed E-state index contributed by atoms with van der Waals surface area (Å²) in [7, 11) is 0. The third kappa shape index (κ3) is 2.82. The number of nitrogens with one attached hydrogen (secondary N) is 1. The van der Waals surface area contributed by atoms with Crippen LogP contribution >= 0.6 is 11.6 Å². The Hall–Kier alpha value is -2.65. The summed E-state index contributed by atoms with van der Waals surface area (Å²) in [6.07, 6.45) is 2.08. The fraction of sp³-hybridized carbons (Fsp3) is 0.250.